The molecule has 1 aromatic carbocycles. The number of carbonyl (C=O) groups excluding carboxylic acids is 1. The van der Waals surface area contributed by atoms with Crippen molar-refractivity contribution in [1.82, 2.24) is 15.1 Å². The van der Waals surface area contributed by atoms with Gasteiger partial charge in [0.1, 0.15) is 0 Å². The van der Waals surface area contributed by atoms with Gasteiger partial charge in [0.2, 0.25) is 0 Å². The summed E-state index contributed by atoms with van der Waals surface area (Å²) >= 11 is 0. The van der Waals surface area contributed by atoms with Crippen molar-refractivity contribution in [2.75, 3.05) is 0 Å². The van der Waals surface area contributed by atoms with Crippen molar-refractivity contribution >= 4 is 11.9 Å². The summed E-state index contributed by atoms with van der Waals surface area (Å²) in [7, 11) is 1.84. The molecule has 1 saturated carbocycles. The predicted molar refractivity (Wildman–Crippen MR) is 93.6 cm³/mol. The first-order valence-corrected chi connectivity index (χ1v) is 8.68. The van der Waals surface area contributed by atoms with E-state index in [9.17, 15) is 9.59 Å². The van der Waals surface area contributed by atoms with Gasteiger partial charge in [0.25, 0.3) is 5.91 Å². The van der Waals surface area contributed by atoms with Gasteiger partial charge in [0.05, 0.1) is 16.8 Å². The molecule has 0 aliphatic heterocycles. The summed E-state index contributed by atoms with van der Waals surface area (Å²) in [6, 6.07) is 6.52. The lowest BCUT2D eigenvalue weighted by Gasteiger charge is -2.20. The summed E-state index contributed by atoms with van der Waals surface area (Å²) in [5.74, 6) is -0.718. The normalized spacial score (nSPS) is 15.1. The van der Waals surface area contributed by atoms with Crippen LogP contribution in [-0.2, 0) is 13.6 Å². The predicted octanol–water partition coefficient (Wildman–Crippen LogP) is 3.10. The number of hydrogen-bond donors (Lipinski definition) is 2. The molecule has 0 unspecified atom stereocenters. The molecule has 3 rings (SSSR count). The Labute approximate surface area is 146 Å². The number of carbonyl (C=O) groups is 2. The molecule has 1 aliphatic carbocycles. The van der Waals surface area contributed by atoms with Crippen LogP contribution in [0.3, 0.4) is 0 Å². The highest BCUT2D eigenvalue weighted by Crippen LogP contribution is 2.33. The number of amides is 1. The Balaban J connectivity index is 1.67. The molecule has 25 heavy (non-hydrogen) atoms. The first-order valence-electron chi connectivity index (χ1n) is 8.68. The van der Waals surface area contributed by atoms with E-state index in [-0.39, 0.29) is 11.5 Å². The third-order valence-electron chi connectivity index (χ3n) is 4.75. The van der Waals surface area contributed by atoms with E-state index in [0.29, 0.717) is 18.0 Å². The molecule has 6 nitrogen and oxygen atoms in total. The molecule has 1 heterocycles. The van der Waals surface area contributed by atoms with E-state index < -0.39 is 5.97 Å². The average molecular weight is 341 g/mol. The fourth-order valence-electron chi connectivity index (χ4n) is 3.40. The van der Waals surface area contributed by atoms with E-state index in [0.717, 1.165) is 24.1 Å². The lowest BCUT2D eigenvalue weighted by atomic mass is 9.85. The van der Waals surface area contributed by atoms with Crippen LogP contribution in [0.15, 0.2) is 30.5 Å². The summed E-state index contributed by atoms with van der Waals surface area (Å²) in [5, 5.41) is 16.4. The van der Waals surface area contributed by atoms with Crippen molar-refractivity contribution < 1.29 is 14.7 Å². The quantitative estimate of drug-likeness (QED) is 0.875. The van der Waals surface area contributed by atoms with Crippen LogP contribution in [0.5, 0.6) is 0 Å². The summed E-state index contributed by atoms with van der Waals surface area (Å²) in [6.45, 7) is 0.359. The number of rotatable bonds is 5. The number of nitrogens with one attached hydrogen (secondary N) is 1. The Bertz CT molecular complexity index is 759. The first-order chi connectivity index (χ1) is 12.0. The third kappa shape index (κ3) is 4.07. The second kappa shape index (κ2) is 7.51. The molecule has 1 aliphatic rings. The number of carboxylic acid groups (broad SMARTS) is 1. The van der Waals surface area contributed by atoms with Crippen molar-refractivity contribution in [2.24, 2.45) is 7.05 Å². The highest BCUT2D eigenvalue weighted by Gasteiger charge is 2.24. The maximum atomic E-state index is 12.6. The standard InChI is InChI=1S/C19H23N3O3/c1-22-12-16(17(21-22)14-5-3-2-4-6-14)18(23)20-11-13-7-9-15(10-8-13)19(24)25/h7-10,12,14H,2-6,11H2,1H3,(H,20,23)(H,24,25). The monoisotopic (exact) mass is 341 g/mol. The van der Waals surface area contributed by atoms with Crippen molar-refractivity contribution in [3.8, 4) is 0 Å². The Kier molecular flexibility index (Phi) is 5.16. The zero-order chi connectivity index (χ0) is 17.8. The summed E-state index contributed by atoms with van der Waals surface area (Å²) in [4.78, 5) is 23.5. The molecule has 2 N–H and O–H groups in total. The van der Waals surface area contributed by atoms with Gasteiger partial charge in [-0.3, -0.25) is 9.48 Å². The van der Waals surface area contributed by atoms with Gasteiger partial charge in [-0.15, -0.1) is 0 Å². The van der Waals surface area contributed by atoms with E-state index in [1.54, 1.807) is 35.1 Å². The van der Waals surface area contributed by atoms with Crippen LogP contribution in [0.25, 0.3) is 0 Å². The minimum absolute atomic E-state index is 0.129. The zero-order valence-electron chi connectivity index (χ0n) is 14.4. The van der Waals surface area contributed by atoms with Crippen LogP contribution in [-0.4, -0.2) is 26.8 Å². The Morgan fingerprint density at radius 1 is 1.20 bits per heavy atom. The largest absolute Gasteiger partial charge is 0.478 e. The van der Waals surface area contributed by atoms with Crippen LogP contribution in [0.4, 0.5) is 0 Å². The first kappa shape index (κ1) is 17.2. The van der Waals surface area contributed by atoms with E-state index in [4.69, 9.17) is 5.11 Å². The van der Waals surface area contributed by atoms with Crippen LogP contribution in [0.2, 0.25) is 0 Å². The van der Waals surface area contributed by atoms with Crippen LogP contribution in [0, 0.1) is 0 Å². The van der Waals surface area contributed by atoms with Gasteiger partial charge in [-0.1, -0.05) is 31.4 Å². The lowest BCUT2D eigenvalue weighted by molar-refractivity contribution is 0.0696. The number of nitrogens with zero attached hydrogens (tertiary/aromatic N) is 2. The average Bonchev–Trinajstić information content (AvgIpc) is 3.02. The van der Waals surface area contributed by atoms with E-state index >= 15 is 0 Å². The van der Waals surface area contributed by atoms with Gasteiger partial charge < -0.3 is 10.4 Å². The molecule has 1 amide bonds. The number of benzene rings is 1. The van der Waals surface area contributed by atoms with Crippen LogP contribution < -0.4 is 5.32 Å². The van der Waals surface area contributed by atoms with Gasteiger partial charge in [-0.05, 0) is 30.5 Å². The lowest BCUT2D eigenvalue weighted by Crippen LogP contribution is -2.24. The molecule has 0 saturated heterocycles. The van der Waals surface area contributed by atoms with Crippen molar-refractivity contribution in [1.29, 1.82) is 0 Å². The Morgan fingerprint density at radius 2 is 1.88 bits per heavy atom. The SMILES string of the molecule is Cn1cc(C(=O)NCc2ccc(C(=O)O)cc2)c(C2CCCCC2)n1. The van der Waals surface area contributed by atoms with Gasteiger partial charge in [-0.2, -0.15) is 5.10 Å². The molecule has 0 radical (unpaired) electrons. The van der Waals surface area contributed by atoms with Gasteiger partial charge in [0.15, 0.2) is 0 Å². The maximum absolute atomic E-state index is 12.6. The number of carboxylic acids is 1. The molecular weight excluding hydrogens is 318 g/mol. The second-order valence-corrected chi connectivity index (χ2v) is 6.62. The van der Waals surface area contributed by atoms with Gasteiger partial charge in [0, 0.05) is 25.7 Å². The smallest absolute Gasteiger partial charge is 0.335 e. The molecule has 2 aromatic rings. The molecule has 0 spiro atoms. The van der Waals surface area contributed by atoms with Crippen molar-refractivity contribution in [3.63, 3.8) is 0 Å². The molecule has 132 valence electrons. The molecule has 0 bridgehead atoms. The minimum atomic E-state index is -0.955. The summed E-state index contributed by atoms with van der Waals surface area (Å²) in [5.41, 5.74) is 2.65. The fraction of sp³-hybridized carbons (Fsp3) is 0.421. The zero-order valence-corrected chi connectivity index (χ0v) is 14.4. The summed E-state index contributed by atoms with van der Waals surface area (Å²) < 4.78 is 1.71. The third-order valence-corrected chi connectivity index (χ3v) is 4.75. The molecule has 6 heteroatoms. The number of hydrogen-bond acceptors (Lipinski definition) is 3. The highest BCUT2D eigenvalue weighted by atomic mass is 16.4. The van der Waals surface area contributed by atoms with E-state index in [1.165, 1.54) is 19.3 Å². The molecule has 0 atom stereocenters. The van der Waals surface area contributed by atoms with E-state index in [2.05, 4.69) is 10.4 Å². The second-order valence-electron chi connectivity index (χ2n) is 6.62. The Hall–Kier alpha value is -2.63. The number of aromatic nitrogens is 2. The number of aromatic carboxylic acids is 1. The van der Waals surface area contributed by atoms with Crippen molar-refractivity contribution in [2.45, 2.75) is 44.6 Å². The number of aryl methyl sites for hydroxylation is 1. The topological polar surface area (TPSA) is 84.2 Å². The van der Waals surface area contributed by atoms with Gasteiger partial charge in [-0.25, -0.2) is 4.79 Å². The molecule has 1 aromatic heterocycles. The highest BCUT2D eigenvalue weighted by molar-refractivity contribution is 5.95. The van der Waals surface area contributed by atoms with E-state index in [1.807, 2.05) is 7.05 Å². The maximum Gasteiger partial charge on any atom is 0.335 e. The van der Waals surface area contributed by atoms with Crippen molar-refractivity contribution in [3.05, 3.63) is 52.8 Å². The summed E-state index contributed by atoms with van der Waals surface area (Å²) in [6.07, 6.45) is 7.61. The molecular formula is C19H23N3O3. The fourth-order valence-corrected chi connectivity index (χ4v) is 3.40. The van der Waals surface area contributed by atoms with Gasteiger partial charge >= 0.3 is 5.97 Å². The minimum Gasteiger partial charge on any atom is -0.478 e. The Morgan fingerprint density at radius 3 is 2.52 bits per heavy atom. The van der Waals surface area contributed by atoms with Crippen LogP contribution in [0.1, 0.15) is 70.0 Å². The van der Waals surface area contributed by atoms with Crippen LogP contribution >= 0.6 is 0 Å². The molecule has 1 fully saturated rings.